The van der Waals surface area contributed by atoms with Crippen LogP contribution in [-0.2, 0) is 4.79 Å². The van der Waals surface area contributed by atoms with Crippen LogP contribution in [0.1, 0.15) is 14.2 Å². The van der Waals surface area contributed by atoms with Crippen molar-refractivity contribution >= 4 is 11.5 Å². The van der Waals surface area contributed by atoms with E-state index >= 15 is 0 Å². The summed E-state index contributed by atoms with van der Waals surface area (Å²) in [6.07, 6.45) is 1.05. The Kier molecular flexibility index (Phi) is 1.78. The quantitative estimate of drug-likeness (QED) is 0.695. The minimum atomic E-state index is -0.521. The molecule has 0 spiro atoms. The van der Waals surface area contributed by atoms with E-state index in [1.807, 2.05) is 18.2 Å². The van der Waals surface area contributed by atoms with Gasteiger partial charge >= 0.3 is 0 Å². The summed E-state index contributed by atoms with van der Waals surface area (Å²) in [6, 6.07) is 10.2. The molecule has 1 saturated carbocycles. The number of anilines is 1. The van der Waals surface area contributed by atoms with Crippen LogP contribution in [0, 0.1) is 11.8 Å². The molecule has 0 aromatic heterocycles. The van der Waals surface area contributed by atoms with Crippen molar-refractivity contribution in [1.29, 1.82) is 0 Å². The van der Waals surface area contributed by atoms with Gasteiger partial charge in [-0.15, -0.1) is 0 Å². The summed E-state index contributed by atoms with van der Waals surface area (Å²) in [5, 5.41) is 0. The molecule has 2 aliphatic rings. The van der Waals surface area contributed by atoms with Gasteiger partial charge < -0.3 is 4.90 Å². The van der Waals surface area contributed by atoms with Crippen LogP contribution >= 0.6 is 0 Å². The van der Waals surface area contributed by atoms with Crippen LogP contribution in [0.4, 0.5) is 5.69 Å². The van der Waals surface area contributed by atoms with Crippen LogP contribution < -0.4 is 4.90 Å². The van der Waals surface area contributed by atoms with Crippen LogP contribution in [0.15, 0.2) is 30.3 Å². The fraction of sp³-hybridized carbons (Fsp3) is 0.462. The van der Waals surface area contributed by atoms with Crippen LogP contribution in [-0.4, -0.2) is 18.9 Å². The summed E-state index contributed by atoms with van der Waals surface area (Å²) in [5.74, 6) is -0.0136. The maximum atomic E-state index is 11.4. The normalized spacial score (nSPS) is 35.5. The highest BCUT2D eigenvalue weighted by atomic mass is 16.1. The van der Waals surface area contributed by atoms with Crippen molar-refractivity contribution < 1.29 is 6.17 Å². The molecule has 0 bridgehead atoms. The van der Waals surface area contributed by atoms with Gasteiger partial charge in [-0.3, -0.25) is 4.79 Å². The van der Waals surface area contributed by atoms with Gasteiger partial charge in [-0.2, -0.15) is 0 Å². The van der Waals surface area contributed by atoms with Gasteiger partial charge in [0.2, 0.25) is 0 Å². The Morgan fingerprint density at radius 2 is 2.00 bits per heavy atom. The van der Waals surface area contributed by atoms with Crippen LogP contribution in [0.5, 0.6) is 0 Å². The molecule has 0 amide bonds. The fourth-order valence-electron chi connectivity index (χ4n) is 2.68. The Morgan fingerprint density at radius 3 is 2.73 bits per heavy atom. The third-order valence-electron chi connectivity index (χ3n) is 3.43. The number of fused-ring (bicyclic) bond motifs is 1. The van der Waals surface area contributed by atoms with Crippen molar-refractivity contribution in [2.45, 2.75) is 12.8 Å². The Bertz CT molecular complexity index is 419. The number of carbonyl (C=O) groups is 1. The molecule has 15 heavy (non-hydrogen) atoms. The number of Topliss-reactive ketones (excluding diaryl/α,β-unsaturated/α-hetero) is 1. The predicted octanol–water partition coefficient (Wildman–Crippen LogP) is 2.10. The fourth-order valence-corrected chi connectivity index (χ4v) is 2.68. The maximum Gasteiger partial charge on any atom is 0.133 e. The predicted molar refractivity (Wildman–Crippen MR) is 59.9 cm³/mol. The van der Waals surface area contributed by atoms with Crippen molar-refractivity contribution in [1.82, 2.24) is 0 Å². The van der Waals surface area contributed by atoms with Crippen LogP contribution in [0.25, 0.3) is 0 Å². The summed E-state index contributed by atoms with van der Waals surface area (Å²) in [7, 11) is 0. The molecule has 1 aromatic rings. The summed E-state index contributed by atoms with van der Waals surface area (Å²) >= 11 is 0. The molecule has 1 aromatic carbocycles. The Hall–Kier alpha value is -1.31. The Morgan fingerprint density at radius 1 is 1.20 bits per heavy atom. The van der Waals surface area contributed by atoms with Crippen LogP contribution in [0.2, 0.25) is 0 Å². The van der Waals surface area contributed by atoms with Crippen molar-refractivity contribution in [2.75, 3.05) is 18.0 Å². The second-order valence-electron chi connectivity index (χ2n) is 4.49. The number of carbonyl (C=O) groups excluding carboxylic acids is 1. The molecule has 0 radical (unpaired) electrons. The van der Waals surface area contributed by atoms with Gasteiger partial charge in [0.05, 0.1) is 0 Å². The third-order valence-corrected chi connectivity index (χ3v) is 3.43. The lowest BCUT2D eigenvalue weighted by Crippen LogP contribution is -2.21. The zero-order valence-corrected chi connectivity index (χ0v) is 8.65. The molecule has 2 atom stereocenters. The first-order chi connectivity index (χ1) is 7.67. The molecular formula is C13H15NO. The smallest absolute Gasteiger partial charge is 0.133 e. The summed E-state index contributed by atoms with van der Waals surface area (Å²) in [5.41, 5.74) is 1.18. The van der Waals surface area contributed by atoms with E-state index in [1.165, 1.54) is 5.69 Å². The first kappa shape index (κ1) is 7.91. The zero-order chi connectivity index (χ0) is 11.2. The molecular weight excluding hydrogens is 186 g/mol. The number of rotatable bonds is 1. The van der Waals surface area contributed by atoms with E-state index < -0.39 is 5.89 Å². The number of hydrogen-bond acceptors (Lipinski definition) is 2. The monoisotopic (exact) mass is 202 g/mol. The van der Waals surface area contributed by atoms with Crippen molar-refractivity contribution in [2.24, 2.45) is 11.8 Å². The topological polar surface area (TPSA) is 20.3 Å². The first-order valence-corrected chi connectivity index (χ1v) is 5.49. The molecule has 1 aliphatic carbocycles. The third kappa shape index (κ3) is 1.54. The van der Waals surface area contributed by atoms with Crippen molar-refractivity contribution in [3.63, 3.8) is 0 Å². The van der Waals surface area contributed by atoms with E-state index in [4.69, 9.17) is 1.37 Å². The number of hydrogen-bond donors (Lipinski definition) is 0. The number of para-hydroxylation sites is 1. The zero-order valence-electron chi connectivity index (χ0n) is 9.65. The second-order valence-corrected chi connectivity index (χ2v) is 4.49. The summed E-state index contributed by atoms with van der Waals surface area (Å²) in [4.78, 5) is 13.6. The standard InChI is InChI=1S/C13H15NO/c15-13-6-10-8-14(9-11(10)7-13)12-4-2-1-3-5-12/h1-5,10-11H,6-9H2/t10-,11+/i10D/m1/s1. The molecule has 2 nitrogen and oxygen atoms in total. The van der Waals surface area contributed by atoms with E-state index in [9.17, 15) is 4.79 Å². The van der Waals surface area contributed by atoms with Gasteiger partial charge in [-0.25, -0.2) is 0 Å². The Labute approximate surface area is 91.3 Å². The van der Waals surface area contributed by atoms with Gasteiger partial charge in [-0.1, -0.05) is 18.2 Å². The lowest BCUT2D eigenvalue weighted by atomic mass is 10.0. The van der Waals surface area contributed by atoms with Gasteiger partial charge in [0, 0.05) is 33.0 Å². The minimum Gasteiger partial charge on any atom is -0.371 e. The molecule has 78 valence electrons. The molecule has 3 rings (SSSR count). The highest BCUT2D eigenvalue weighted by molar-refractivity contribution is 5.81. The van der Waals surface area contributed by atoms with Gasteiger partial charge in [0.25, 0.3) is 0 Å². The highest BCUT2D eigenvalue weighted by Gasteiger charge is 2.39. The average Bonchev–Trinajstić information content (AvgIpc) is 2.70. The number of ketones is 1. The molecule has 2 fully saturated rings. The summed E-state index contributed by atoms with van der Waals surface area (Å²) in [6.45, 7) is 1.56. The SMILES string of the molecule is [2H][C@]12CC(=O)C[C@H]1CN(c1ccccc1)C2. The molecule has 1 aliphatic heterocycles. The van der Waals surface area contributed by atoms with E-state index in [2.05, 4.69) is 17.0 Å². The molecule has 0 N–H and O–H groups in total. The van der Waals surface area contributed by atoms with Crippen molar-refractivity contribution in [3.8, 4) is 0 Å². The minimum absolute atomic E-state index is 0.236. The van der Waals surface area contributed by atoms with Crippen molar-refractivity contribution in [3.05, 3.63) is 30.3 Å². The average molecular weight is 202 g/mol. The van der Waals surface area contributed by atoms with E-state index in [0.29, 0.717) is 19.4 Å². The molecule has 2 heteroatoms. The maximum absolute atomic E-state index is 11.4. The first-order valence-electron chi connectivity index (χ1n) is 5.99. The molecule has 0 unspecified atom stereocenters. The second kappa shape index (κ2) is 3.37. The highest BCUT2D eigenvalue weighted by Crippen LogP contribution is 2.37. The van der Waals surface area contributed by atoms with E-state index in [0.717, 1.165) is 6.54 Å². The molecule has 1 heterocycles. The van der Waals surface area contributed by atoms with Crippen LogP contribution in [0.3, 0.4) is 0 Å². The Balaban J connectivity index is 1.83. The van der Waals surface area contributed by atoms with Gasteiger partial charge in [0.15, 0.2) is 0 Å². The van der Waals surface area contributed by atoms with Gasteiger partial charge in [0.1, 0.15) is 5.78 Å². The summed E-state index contributed by atoms with van der Waals surface area (Å²) < 4.78 is 8.35. The molecule has 1 saturated heterocycles. The number of nitrogens with zero attached hydrogens (tertiary/aromatic N) is 1. The van der Waals surface area contributed by atoms with Gasteiger partial charge in [-0.05, 0) is 23.9 Å². The lowest BCUT2D eigenvalue weighted by molar-refractivity contribution is -0.117. The largest absolute Gasteiger partial charge is 0.371 e. The lowest BCUT2D eigenvalue weighted by Gasteiger charge is -2.19. The van der Waals surface area contributed by atoms with E-state index in [1.54, 1.807) is 0 Å². The van der Waals surface area contributed by atoms with E-state index in [-0.39, 0.29) is 11.7 Å². The number of benzene rings is 1.